The lowest BCUT2D eigenvalue weighted by molar-refractivity contribution is 0.186. The van der Waals surface area contributed by atoms with Gasteiger partial charge >= 0.3 is 0 Å². The quantitative estimate of drug-likeness (QED) is 0.724. The van der Waals surface area contributed by atoms with E-state index in [1.807, 2.05) is 18.2 Å². The van der Waals surface area contributed by atoms with Crippen molar-refractivity contribution >= 4 is 17.3 Å². The number of methoxy groups -OCH3 is 1. The molecule has 0 radical (unpaired) electrons. The number of aryl methyl sites for hydroxylation is 1. The molecule has 2 N–H and O–H groups in total. The lowest BCUT2D eigenvalue weighted by Crippen LogP contribution is -2.32. The number of ether oxygens (including phenoxy) is 1. The fraction of sp³-hybridized carbons (Fsp3) is 0.474. The number of pyridine rings is 1. The summed E-state index contributed by atoms with van der Waals surface area (Å²) < 4.78 is 7.52. The minimum Gasteiger partial charge on any atom is -0.395 e. The first-order chi connectivity index (χ1) is 12.6. The molecule has 1 aliphatic rings. The number of thiocarbonyl (C=S) groups is 1. The molecule has 2 aromatic heterocycles. The Labute approximate surface area is 159 Å². The van der Waals surface area contributed by atoms with Gasteiger partial charge in [0.2, 0.25) is 0 Å². The topological polar surface area (TPSA) is 62.5 Å². The molecule has 0 bridgehead atoms. The molecule has 0 spiro atoms. The second-order valence-corrected chi connectivity index (χ2v) is 6.90. The standard InChI is InChI=1S/C19H26N4O2S/c1-13-12-15(14(2)22(13)9-11-25-3)18-17(16-6-4-5-7-20-16)21-19(26)23(18)8-10-24/h4-7,12,17-18,24H,8-11H2,1-3H3,(H,21,26)/t17-,18-/m0/s1. The van der Waals surface area contributed by atoms with Crippen molar-refractivity contribution in [2.45, 2.75) is 32.5 Å². The molecule has 26 heavy (non-hydrogen) atoms. The molecule has 0 aromatic carbocycles. The molecule has 1 aliphatic heterocycles. The minimum atomic E-state index is -0.0494. The van der Waals surface area contributed by atoms with Crippen molar-refractivity contribution in [3.63, 3.8) is 0 Å². The van der Waals surface area contributed by atoms with Gasteiger partial charge in [-0.15, -0.1) is 0 Å². The summed E-state index contributed by atoms with van der Waals surface area (Å²) in [7, 11) is 1.72. The average Bonchev–Trinajstić information content (AvgIpc) is 3.11. The summed E-state index contributed by atoms with van der Waals surface area (Å²) in [5.74, 6) is 0. The van der Waals surface area contributed by atoms with Crippen LogP contribution >= 0.6 is 12.2 Å². The molecule has 0 amide bonds. The Kier molecular flexibility index (Phi) is 5.90. The number of β-amino-alcohol motifs (C(OH)–C–C–N with tert-alkyl or cyclic N) is 1. The highest BCUT2D eigenvalue weighted by atomic mass is 32.1. The van der Waals surface area contributed by atoms with Crippen molar-refractivity contribution in [2.75, 3.05) is 26.9 Å². The molecular weight excluding hydrogens is 348 g/mol. The van der Waals surface area contributed by atoms with Crippen LogP contribution in [0, 0.1) is 13.8 Å². The lowest BCUT2D eigenvalue weighted by Gasteiger charge is -2.27. The van der Waals surface area contributed by atoms with Gasteiger partial charge in [-0.05, 0) is 49.8 Å². The maximum Gasteiger partial charge on any atom is 0.170 e. The van der Waals surface area contributed by atoms with E-state index in [1.54, 1.807) is 13.3 Å². The molecule has 1 saturated heterocycles. The van der Waals surface area contributed by atoms with E-state index in [2.05, 4.69) is 39.7 Å². The third-order valence-electron chi connectivity index (χ3n) is 4.99. The SMILES string of the molecule is COCCn1c(C)cc([C@H]2[C@H](c3ccccn3)NC(=S)N2CCO)c1C. The van der Waals surface area contributed by atoms with Crippen LogP contribution in [0.25, 0.3) is 0 Å². The fourth-order valence-corrected chi connectivity index (χ4v) is 4.08. The van der Waals surface area contributed by atoms with Crippen LogP contribution in [-0.4, -0.2) is 51.5 Å². The van der Waals surface area contributed by atoms with Gasteiger partial charge in [-0.1, -0.05) is 6.07 Å². The Bertz CT molecular complexity index is 762. The number of nitrogens with one attached hydrogen (secondary N) is 1. The van der Waals surface area contributed by atoms with Crippen LogP contribution < -0.4 is 5.32 Å². The molecule has 2 aromatic rings. The molecule has 6 nitrogen and oxygen atoms in total. The molecule has 2 atom stereocenters. The van der Waals surface area contributed by atoms with Crippen molar-refractivity contribution < 1.29 is 9.84 Å². The Balaban J connectivity index is 2.03. The second-order valence-electron chi connectivity index (χ2n) is 6.51. The van der Waals surface area contributed by atoms with Gasteiger partial charge in [0.05, 0.1) is 31.0 Å². The summed E-state index contributed by atoms with van der Waals surface area (Å²) in [4.78, 5) is 6.60. The van der Waals surface area contributed by atoms with Gasteiger partial charge in [0.15, 0.2) is 5.11 Å². The van der Waals surface area contributed by atoms with E-state index in [0.29, 0.717) is 18.3 Å². The van der Waals surface area contributed by atoms with E-state index in [0.717, 1.165) is 12.2 Å². The van der Waals surface area contributed by atoms with Gasteiger partial charge in [0.1, 0.15) is 0 Å². The highest BCUT2D eigenvalue weighted by molar-refractivity contribution is 7.80. The molecule has 3 rings (SSSR count). The largest absolute Gasteiger partial charge is 0.395 e. The lowest BCUT2D eigenvalue weighted by atomic mass is 9.97. The molecule has 0 unspecified atom stereocenters. The third kappa shape index (κ3) is 3.47. The maximum absolute atomic E-state index is 9.54. The molecule has 140 valence electrons. The predicted octanol–water partition coefficient (Wildman–Crippen LogP) is 2.11. The van der Waals surface area contributed by atoms with Crippen molar-refractivity contribution in [3.8, 4) is 0 Å². The molecular formula is C19H26N4O2S. The first-order valence-electron chi connectivity index (χ1n) is 8.83. The van der Waals surface area contributed by atoms with E-state index < -0.39 is 0 Å². The number of hydrogen-bond acceptors (Lipinski definition) is 4. The summed E-state index contributed by atoms with van der Waals surface area (Å²) in [6.07, 6.45) is 1.80. The van der Waals surface area contributed by atoms with Crippen LogP contribution in [0.4, 0.5) is 0 Å². The Morgan fingerprint density at radius 2 is 2.12 bits per heavy atom. The number of nitrogens with zero attached hydrogens (tertiary/aromatic N) is 3. The third-order valence-corrected chi connectivity index (χ3v) is 5.34. The zero-order valence-electron chi connectivity index (χ0n) is 15.5. The number of aliphatic hydroxyl groups excluding tert-OH is 1. The molecule has 0 aliphatic carbocycles. The van der Waals surface area contributed by atoms with Crippen LogP contribution in [0.2, 0.25) is 0 Å². The van der Waals surface area contributed by atoms with Gasteiger partial charge in [-0.2, -0.15) is 0 Å². The van der Waals surface area contributed by atoms with E-state index in [-0.39, 0.29) is 18.7 Å². The van der Waals surface area contributed by atoms with Crippen molar-refractivity contribution in [3.05, 3.63) is 53.1 Å². The minimum absolute atomic E-state index is 0.00737. The van der Waals surface area contributed by atoms with E-state index in [9.17, 15) is 5.11 Å². The smallest absolute Gasteiger partial charge is 0.170 e. The van der Waals surface area contributed by atoms with Gasteiger partial charge < -0.3 is 24.6 Å². The van der Waals surface area contributed by atoms with E-state index in [4.69, 9.17) is 17.0 Å². The maximum atomic E-state index is 9.54. The van der Waals surface area contributed by atoms with Crippen LogP contribution in [0.5, 0.6) is 0 Å². The summed E-state index contributed by atoms with van der Waals surface area (Å²) in [5, 5.41) is 13.6. The van der Waals surface area contributed by atoms with Gasteiger partial charge in [-0.3, -0.25) is 4.98 Å². The van der Waals surface area contributed by atoms with Crippen LogP contribution in [-0.2, 0) is 11.3 Å². The zero-order chi connectivity index (χ0) is 18.7. The molecule has 3 heterocycles. The number of aliphatic hydroxyl groups is 1. The molecule has 0 saturated carbocycles. The van der Waals surface area contributed by atoms with Crippen LogP contribution in [0.15, 0.2) is 30.5 Å². The first-order valence-corrected chi connectivity index (χ1v) is 9.23. The van der Waals surface area contributed by atoms with E-state index >= 15 is 0 Å². The number of aromatic nitrogens is 2. The monoisotopic (exact) mass is 374 g/mol. The normalized spacial score (nSPS) is 19.8. The van der Waals surface area contributed by atoms with Gasteiger partial charge in [-0.25, -0.2) is 0 Å². The summed E-state index contributed by atoms with van der Waals surface area (Å²) in [6, 6.07) is 8.07. The fourth-order valence-electron chi connectivity index (χ4n) is 3.75. The molecule has 1 fully saturated rings. The van der Waals surface area contributed by atoms with E-state index in [1.165, 1.54) is 17.0 Å². The van der Waals surface area contributed by atoms with Crippen LogP contribution in [0.1, 0.15) is 34.7 Å². The zero-order valence-corrected chi connectivity index (χ0v) is 16.3. The van der Waals surface area contributed by atoms with Crippen molar-refractivity contribution in [1.82, 2.24) is 19.8 Å². The van der Waals surface area contributed by atoms with Crippen molar-refractivity contribution in [2.24, 2.45) is 0 Å². The summed E-state index contributed by atoms with van der Waals surface area (Å²) in [5.41, 5.74) is 4.54. The number of hydrogen-bond donors (Lipinski definition) is 2. The van der Waals surface area contributed by atoms with Crippen molar-refractivity contribution in [1.29, 1.82) is 0 Å². The Morgan fingerprint density at radius 3 is 2.77 bits per heavy atom. The Morgan fingerprint density at radius 1 is 1.31 bits per heavy atom. The van der Waals surface area contributed by atoms with Gasteiger partial charge in [0, 0.05) is 37.8 Å². The Hall–Kier alpha value is -1.96. The summed E-state index contributed by atoms with van der Waals surface area (Å²) >= 11 is 5.56. The van der Waals surface area contributed by atoms with Gasteiger partial charge in [0.25, 0.3) is 0 Å². The summed E-state index contributed by atoms with van der Waals surface area (Å²) in [6.45, 7) is 6.26. The molecule has 7 heteroatoms. The average molecular weight is 375 g/mol. The van der Waals surface area contributed by atoms with Crippen LogP contribution in [0.3, 0.4) is 0 Å². The highest BCUT2D eigenvalue weighted by Gasteiger charge is 2.40. The number of rotatable bonds is 7. The first kappa shape index (κ1) is 18.8. The highest BCUT2D eigenvalue weighted by Crippen LogP contribution is 2.40. The second kappa shape index (κ2) is 8.16. The predicted molar refractivity (Wildman–Crippen MR) is 105 cm³/mol.